The van der Waals surface area contributed by atoms with E-state index < -0.39 is 10.0 Å². The van der Waals surface area contributed by atoms with E-state index in [9.17, 15) is 18.0 Å². The zero-order chi connectivity index (χ0) is 33.7. The Bertz CT molecular complexity index is 2060. The largest absolute Gasteiger partial charge is 0.338 e. The summed E-state index contributed by atoms with van der Waals surface area (Å²) in [6.07, 6.45) is 10.5. The predicted octanol–water partition coefficient (Wildman–Crippen LogP) is 4.88. The van der Waals surface area contributed by atoms with Crippen molar-refractivity contribution in [2.24, 2.45) is 5.92 Å². The summed E-state index contributed by atoms with van der Waals surface area (Å²) in [6, 6.07) is 20.8. The third kappa shape index (κ3) is 7.50. The van der Waals surface area contributed by atoms with Gasteiger partial charge in [-0.25, -0.2) is 27.3 Å². The molecule has 6 rings (SSSR count). The summed E-state index contributed by atoms with van der Waals surface area (Å²) in [6.45, 7) is 1.97. The molecule has 0 saturated carbocycles. The molecule has 0 spiro atoms. The Morgan fingerprint density at radius 1 is 1.00 bits per heavy atom. The zero-order valence-electron chi connectivity index (χ0n) is 26.9. The number of amides is 2. The van der Waals surface area contributed by atoms with Gasteiger partial charge in [0.25, 0.3) is 15.9 Å². The van der Waals surface area contributed by atoms with Crippen molar-refractivity contribution in [3.8, 4) is 11.3 Å². The van der Waals surface area contributed by atoms with Crippen LogP contribution in [0.15, 0.2) is 109 Å². The lowest BCUT2D eigenvalue weighted by atomic mass is 9.92. The molecule has 48 heavy (non-hydrogen) atoms. The summed E-state index contributed by atoms with van der Waals surface area (Å²) in [7, 11) is 0.0820. The highest BCUT2D eigenvalue weighted by Crippen LogP contribution is 2.27. The van der Waals surface area contributed by atoms with Crippen molar-refractivity contribution in [1.82, 2.24) is 28.7 Å². The fourth-order valence-corrected chi connectivity index (χ4v) is 7.18. The van der Waals surface area contributed by atoms with Gasteiger partial charge in [0.2, 0.25) is 5.91 Å². The number of piperidine rings is 1. The maximum absolute atomic E-state index is 13.4. The topological polar surface area (TPSA) is 130 Å². The molecule has 0 radical (unpaired) electrons. The van der Waals surface area contributed by atoms with Gasteiger partial charge in [-0.05, 0) is 93.9 Å². The van der Waals surface area contributed by atoms with Gasteiger partial charge in [-0.15, -0.1) is 0 Å². The number of carbonyl (C=O) groups is 2. The molecule has 0 bridgehead atoms. The minimum absolute atomic E-state index is 0.0348. The van der Waals surface area contributed by atoms with Gasteiger partial charge in [0.05, 0.1) is 10.6 Å². The van der Waals surface area contributed by atoms with E-state index in [-0.39, 0.29) is 22.6 Å². The molecule has 1 N–H and O–H groups in total. The van der Waals surface area contributed by atoms with Crippen molar-refractivity contribution >= 4 is 38.6 Å². The molecule has 1 atom stereocenters. The van der Waals surface area contributed by atoms with E-state index in [1.165, 1.54) is 22.6 Å². The molecule has 11 nitrogen and oxygen atoms in total. The van der Waals surface area contributed by atoms with E-state index >= 15 is 0 Å². The molecular weight excluding hydrogens is 627 g/mol. The molecule has 1 fully saturated rings. The summed E-state index contributed by atoms with van der Waals surface area (Å²) in [5, 5.41) is 3.50. The molecule has 3 aromatic heterocycles. The monoisotopic (exact) mass is 663 g/mol. The number of hydrogen-bond donors (Lipinski definition) is 1. The van der Waals surface area contributed by atoms with Crippen molar-refractivity contribution in [2.75, 3.05) is 39.0 Å². The van der Waals surface area contributed by atoms with Crippen LogP contribution in [0.2, 0.25) is 0 Å². The van der Waals surface area contributed by atoms with Gasteiger partial charge < -0.3 is 15.1 Å². The molecule has 4 heterocycles. The Morgan fingerprint density at radius 2 is 1.79 bits per heavy atom. The van der Waals surface area contributed by atoms with E-state index in [1.54, 1.807) is 72.9 Å². The molecule has 2 amide bonds. The number of fused-ring (bicyclic) bond motifs is 1. The summed E-state index contributed by atoms with van der Waals surface area (Å²) in [5.41, 5.74) is 3.86. The number of nitrogens with one attached hydrogen (secondary N) is 1. The number of likely N-dealkylation sites (N-methyl/N-ethyl adjacent to an activating group) is 1. The van der Waals surface area contributed by atoms with Crippen LogP contribution in [0.4, 0.5) is 5.69 Å². The first-order valence-corrected chi connectivity index (χ1v) is 17.2. The molecule has 0 aliphatic carbocycles. The first-order chi connectivity index (χ1) is 23.2. The normalized spacial score (nSPS) is 15.3. The Morgan fingerprint density at radius 3 is 2.56 bits per heavy atom. The van der Waals surface area contributed by atoms with E-state index in [4.69, 9.17) is 0 Å². The highest BCUT2D eigenvalue weighted by Gasteiger charge is 2.25. The van der Waals surface area contributed by atoms with Gasteiger partial charge in [0.1, 0.15) is 6.33 Å². The quantitative estimate of drug-likeness (QED) is 0.209. The van der Waals surface area contributed by atoms with Crippen LogP contribution in [0, 0.1) is 5.92 Å². The Kier molecular flexibility index (Phi) is 9.74. The number of pyridine rings is 1. The second kappa shape index (κ2) is 14.3. The Balaban J connectivity index is 1.10. The number of hydrogen-bond acceptors (Lipinski definition) is 8. The lowest BCUT2D eigenvalue weighted by molar-refractivity contribution is -0.111. The van der Waals surface area contributed by atoms with E-state index in [0.717, 1.165) is 24.1 Å². The maximum atomic E-state index is 13.4. The van der Waals surface area contributed by atoms with Crippen molar-refractivity contribution in [1.29, 1.82) is 0 Å². The van der Waals surface area contributed by atoms with Crippen LogP contribution in [0.3, 0.4) is 0 Å². The van der Waals surface area contributed by atoms with Crippen molar-refractivity contribution < 1.29 is 18.0 Å². The number of likely N-dealkylation sites (tertiary alicyclic amines) is 1. The van der Waals surface area contributed by atoms with Crippen LogP contribution >= 0.6 is 0 Å². The van der Waals surface area contributed by atoms with E-state index in [1.807, 2.05) is 36.0 Å². The lowest BCUT2D eigenvalue weighted by Crippen LogP contribution is -2.40. The third-order valence-electron chi connectivity index (χ3n) is 8.26. The number of nitrogens with zero attached hydrogens (tertiary/aromatic N) is 6. The van der Waals surface area contributed by atoms with Crippen LogP contribution < -0.4 is 5.32 Å². The first kappa shape index (κ1) is 32.7. The number of rotatable bonds is 10. The fraction of sp³-hybridized carbons (Fsp3) is 0.250. The number of carbonyl (C=O) groups excluding carboxylic acids is 2. The number of anilines is 1. The first-order valence-electron chi connectivity index (χ1n) is 15.8. The summed E-state index contributed by atoms with van der Waals surface area (Å²) in [5.74, 6) is -0.0175. The van der Waals surface area contributed by atoms with E-state index in [2.05, 4.69) is 20.3 Å². The lowest BCUT2D eigenvalue weighted by Gasteiger charge is -2.33. The molecule has 12 heteroatoms. The molecule has 5 aromatic rings. The van der Waals surface area contributed by atoms with E-state index in [0.29, 0.717) is 54.0 Å². The standard InChI is InChI=1S/C36H37N7O4S/c1-41(2)17-7-11-34(44)40-30-14-12-27(13-15-30)36(45)42-18-6-8-26(24-42)20-31-22-33(39-25-38-31)29-21-28-16-19-43(35(28)37-23-29)48(46,47)32-9-4-3-5-10-32/h3-5,7,9-16,19,21-23,25-26H,6,8,17-18,20,24H2,1-2H3,(H,40,44)/b11-7+. The highest BCUT2D eigenvalue weighted by molar-refractivity contribution is 7.90. The van der Waals surface area contributed by atoms with Gasteiger partial charge >= 0.3 is 0 Å². The SMILES string of the molecule is CN(C)C/C=C/C(=O)Nc1ccc(C(=O)N2CCCC(Cc3cc(-c4cnc5c(ccn5S(=O)(=O)c5ccccc5)c4)ncn3)C2)cc1. The van der Waals surface area contributed by atoms with Gasteiger partial charge in [0.15, 0.2) is 5.65 Å². The number of benzene rings is 2. The fourth-order valence-electron chi connectivity index (χ4n) is 5.85. The predicted molar refractivity (Wildman–Crippen MR) is 185 cm³/mol. The molecule has 1 aliphatic heterocycles. The summed E-state index contributed by atoms with van der Waals surface area (Å²) in [4.78, 5) is 43.1. The average Bonchev–Trinajstić information content (AvgIpc) is 3.53. The number of aromatic nitrogens is 4. The van der Waals surface area contributed by atoms with Crippen molar-refractivity contribution in [3.63, 3.8) is 0 Å². The highest BCUT2D eigenvalue weighted by atomic mass is 32.2. The molecule has 246 valence electrons. The van der Waals surface area contributed by atoms with Gasteiger partial charge in [-0.3, -0.25) is 9.59 Å². The van der Waals surface area contributed by atoms with Crippen molar-refractivity contribution in [2.45, 2.75) is 24.2 Å². The van der Waals surface area contributed by atoms with Crippen LogP contribution in [0.25, 0.3) is 22.3 Å². The Labute approximate surface area is 280 Å². The molecule has 1 saturated heterocycles. The summed E-state index contributed by atoms with van der Waals surface area (Å²) < 4.78 is 27.6. The second-order valence-electron chi connectivity index (χ2n) is 12.2. The van der Waals surface area contributed by atoms with Crippen LogP contribution in [0.1, 0.15) is 28.9 Å². The minimum Gasteiger partial charge on any atom is -0.338 e. The molecule has 2 aromatic carbocycles. The molecule has 1 aliphatic rings. The minimum atomic E-state index is -3.78. The van der Waals surface area contributed by atoms with Gasteiger partial charge in [0, 0.05) is 66.0 Å². The van der Waals surface area contributed by atoms with Crippen LogP contribution in [0.5, 0.6) is 0 Å². The average molecular weight is 664 g/mol. The van der Waals surface area contributed by atoms with Gasteiger partial charge in [-0.1, -0.05) is 24.3 Å². The maximum Gasteiger partial charge on any atom is 0.269 e. The van der Waals surface area contributed by atoms with Crippen molar-refractivity contribution in [3.05, 3.63) is 115 Å². The third-order valence-corrected chi connectivity index (χ3v) is 9.94. The van der Waals surface area contributed by atoms with Crippen LogP contribution in [-0.2, 0) is 21.2 Å². The van der Waals surface area contributed by atoms with Gasteiger partial charge in [-0.2, -0.15) is 0 Å². The van der Waals surface area contributed by atoms with Crippen LogP contribution in [-0.4, -0.2) is 82.7 Å². The smallest absolute Gasteiger partial charge is 0.269 e. The molecule has 1 unspecified atom stereocenters. The molecular formula is C36H37N7O4S. The zero-order valence-corrected chi connectivity index (χ0v) is 27.7. The second-order valence-corrected chi connectivity index (χ2v) is 14.0. The Hall–Kier alpha value is -5.20. The summed E-state index contributed by atoms with van der Waals surface area (Å²) >= 11 is 0.